The van der Waals surface area contributed by atoms with Crippen molar-refractivity contribution in [3.05, 3.63) is 64.3 Å². The number of hydrogen-bond acceptors (Lipinski definition) is 5. The van der Waals surface area contributed by atoms with Crippen molar-refractivity contribution in [3.63, 3.8) is 0 Å². The highest BCUT2D eigenvalue weighted by molar-refractivity contribution is 7.64. The molecule has 0 bridgehead atoms. The van der Waals surface area contributed by atoms with E-state index >= 15 is 0 Å². The van der Waals surface area contributed by atoms with E-state index in [9.17, 15) is 4.79 Å². The first kappa shape index (κ1) is 23.5. The smallest absolute Gasteiger partial charge is 0.253 e. The molecule has 0 fully saturated rings. The summed E-state index contributed by atoms with van der Waals surface area (Å²) in [5, 5.41) is 10.8. The maximum atomic E-state index is 12.5. The molecule has 0 aliphatic heterocycles. The largest absolute Gasteiger partial charge is 0.355 e. The Morgan fingerprint density at radius 1 is 1.00 bits per heavy atom. The van der Waals surface area contributed by atoms with Crippen LogP contribution in [0.15, 0.2) is 42.6 Å². The van der Waals surface area contributed by atoms with Gasteiger partial charge in [0.1, 0.15) is 5.02 Å². The second kappa shape index (κ2) is 10.5. The van der Waals surface area contributed by atoms with Gasteiger partial charge in [-0.2, -0.15) is 4.98 Å². The van der Waals surface area contributed by atoms with E-state index in [4.69, 9.17) is 11.6 Å². The Hall–Kier alpha value is -2.69. The summed E-state index contributed by atoms with van der Waals surface area (Å²) < 4.78 is 0. The Balaban J connectivity index is 1.60. The number of hydrogen-bond donors (Lipinski definition) is 3. The van der Waals surface area contributed by atoms with E-state index in [-0.39, 0.29) is 13.8 Å². The monoisotopic (exact) mass is 481 g/mol. The van der Waals surface area contributed by atoms with Crippen molar-refractivity contribution in [2.75, 3.05) is 31.0 Å². The van der Waals surface area contributed by atoms with Crippen LogP contribution in [-0.4, -0.2) is 36.3 Å². The molecule has 0 radical (unpaired) electrons. The van der Waals surface area contributed by atoms with Gasteiger partial charge in [0.25, 0.3) is 5.91 Å². The van der Waals surface area contributed by atoms with Gasteiger partial charge in [-0.1, -0.05) is 38.1 Å². The maximum absolute atomic E-state index is 12.5. The summed E-state index contributed by atoms with van der Waals surface area (Å²) in [6.45, 7) is 4.32. The van der Waals surface area contributed by atoms with Gasteiger partial charge >= 0.3 is 0 Å². The molecule has 8 heteroatoms. The highest BCUT2D eigenvalue weighted by atomic mass is 35.5. The molecule has 0 unspecified atom stereocenters. The van der Waals surface area contributed by atoms with E-state index in [2.05, 4.69) is 57.4 Å². The Morgan fingerprint density at radius 3 is 2.55 bits per heavy atom. The molecule has 2 aromatic carbocycles. The summed E-state index contributed by atoms with van der Waals surface area (Å²) >= 11 is 6.40. The van der Waals surface area contributed by atoms with E-state index in [1.807, 2.05) is 18.2 Å². The van der Waals surface area contributed by atoms with Crippen molar-refractivity contribution in [2.45, 2.75) is 32.1 Å². The average Bonchev–Trinajstić information content (AvgIpc) is 3.06. The zero-order valence-electron chi connectivity index (χ0n) is 19.2. The molecule has 0 spiro atoms. The highest BCUT2D eigenvalue weighted by Crippen LogP contribution is 2.30. The molecule has 1 aliphatic carbocycles. The van der Waals surface area contributed by atoms with E-state index < -0.39 is 0 Å². The first-order valence-corrected chi connectivity index (χ1v) is 13.8. The van der Waals surface area contributed by atoms with Crippen molar-refractivity contribution in [1.29, 1.82) is 0 Å². The number of nitrogens with one attached hydrogen (secondary N) is 3. The molecular weight excluding hydrogens is 453 g/mol. The maximum Gasteiger partial charge on any atom is 0.253 e. The molecule has 0 saturated carbocycles. The number of fused-ring (bicyclic) bond motifs is 1. The van der Waals surface area contributed by atoms with Gasteiger partial charge in [-0.05, 0) is 79.7 Å². The predicted octanol–water partition coefficient (Wildman–Crippen LogP) is 5.61. The molecule has 33 heavy (non-hydrogen) atoms. The molecule has 3 N–H and O–H groups in total. The summed E-state index contributed by atoms with van der Waals surface area (Å²) in [4.78, 5) is 21.4. The number of rotatable bonds is 6. The highest BCUT2D eigenvalue weighted by Gasteiger charge is 2.15. The molecule has 1 aliphatic rings. The number of aryl methyl sites for hydroxylation is 2. The van der Waals surface area contributed by atoms with Crippen LogP contribution < -0.4 is 21.3 Å². The van der Waals surface area contributed by atoms with Gasteiger partial charge in [-0.15, -0.1) is 0 Å². The summed E-state index contributed by atoms with van der Waals surface area (Å²) in [5.41, 5.74) is 4.99. The van der Waals surface area contributed by atoms with Crippen LogP contribution in [0.3, 0.4) is 0 Å². The number of halogens is 1. The van der Waals surface area contributed by atoms with Crippen molar-refractivity contribution in [2.24, 2.45) is 0 Å². The normalized spacial score (nSPS) is 13.2. The molecule has 6 nitrogen and oxygen atoms in total. The zero-order chi connectivity index (χ0) is 23.4. The summed E-state index contributed by atoms with van der Waals surface area (Å²) in [6.07, 6.45) is 7.58. The summed E-state index contributed by atoms with van der Waals surface area (Å²) in [5.74, 6) is 0.723. The summed E-state index contributed by atoms with van der Waals surface area (Å²) in [7, 11) is 1.30. The lowest BCUT2D eigenvalue weighted by atomic mass is 10.0. The van der Waals surface area contributed by atoms with E-state index in [0.717, 1.165) is 23.8 Å². The van der Waals surface area contributed by atoms with Gasteiger partial charge in [-0.3, -0.25) is 4.79 Å². The van der Waals surface area contributed by atoms with Crippen molar-refractivity contribution in [1.82, 2.24) is 15.3 Å². The van der Waals surface area contributed by atoms with Crippen LogP contribution in [-0.2, 0) is 12.8 Å². The average molecular weight is 482 g/mol. The quantitative estimate of drug-likeness (QED) is 0.315. The van der Waals surface area contributed by atoms with Gasteiger partial charge in [0.05, 0.1) is 17.4 Å². The predicted molar refractivity (Wildman–Crippen MR) is 140 cm³/mol. The number of carbonyl (C=O) groups excluding carboxylic acids is 1. The molecule has 0 saturated heterocycles. The van der Waals surface area contributed by atoms with Gasteiger partial charge in [0.15, 0.2) is 5.82 Å². The standard InChI is InChI=1S/C25H29ClN5OP/c1-27-24(32)20-14-19(33(2)3)11-12-22(20)30-23-21(26)15-28-25(31-23)29-18-10-9-16-7-5-4-6-8-17(16)13-18/h9-15H,4-8H2,1-3H3,(H,27,32)(H2,28,29,30,31). The lowest BCUT2D eigenvalue weighted by Gasteiger charge is -2.16. The van der Waals surface area contributed by atoms with E-state index in [1.165, 1.54) is 30.4 Å². The number of carbonyl (C=O) groups is 1. The van der Waals surface area contributed by atoms with Gasteiger partial charge in [0.2, 0.25) is 5.95 Å². The first-order chi connectivity index (χ1) is 15.9. The van der Waals surface area contributed by atoms with Crippen LogP contribution in [0.1, 0.15) is 40.7 Å². The molecule has 0 atom stereocenters. The second-order valence-corrected chi connectivity index (χ2v) is 11.1. The lowest BCUT2D eigenvalue weighted by molar-refractivity contribution is 0.0964. The van der Waals surface area contributed by atoms with Crippen LogP contribution in [0.4, 0.5) is 23.1 Å². The van der Waals surface area contributed by atoms with Crippen molar-refractivity contribution < 1.29 is 4.79 Å². The molecular formula is C25H29ClN5OP. The van der Waals surface area contributed by atoms with Gasteiger partial charge in [-0.25, -0.2) is 4.98 Å². The fourth-order valence-electron chi connectivity index (χ4n) is 4.00. The fraction of sp³-hybridized carbons (Fsp3) is 0.320. The molecule has 1 aromatic heterocycles. The van der Waals surface area contributed by atoms with E-state index in [0.29, 0.717) is 28.0 Å². The minimum atomic E-state index is -0.328. The third-order valence-corrected chi connectivity index (χ3v) is 7.43. The van der Waals surface area contributed by atoms with Crippen LogP contribution in [0.25, 0.3) is 0 Å². The number of amides is 1. The molecule has 1 amide bonds. The fourth-order valence-corrected chi connectivity index (χ4v) is 4.90. The minimum absolute atomic E-state index is 0.162. The Bertz CT molecular complexity index is 1170. The third-order valence-electron chi connectivity index (χ3n) is 5.84. The number of benzene rings is 2. The van der Waals surface area contributed by atoms with E-state index in [1.54, 1.807) is 13.2 Å². The number of anilines is 4. The van der Waals surface area contributed by atoms with Gasteiger partial charge in [0, 0.05) is 12.7 Å². The Morgan fingerprint density at radius 2 is 1.79 bits per heavy atom. The van der Waals surface area contributed by atoms with Crippen LogP contribution in [0.2, 0.25) is 5.02 Å². The second-order valence-electron chi connectivity index (χ2n) is 8.39. The Labute approximate surface area is 201 Å². The number of aromatic nitrogens is 2. The topological polar surface area (TPSA) is 78.9 Å². The SMILES string of the molecule is CNC(=O)c1cc(P(C)C)ccc1Nc1nc(Nc2ccc3c(c2)CCCCC3)ncc1Cl. The molecule has 4 rings (SSSR count). The third kappa shape index (κ3) is 5.63. The molecule has 1 heterocycles. The summed E-state index contributed by atoms with van der Waals surface area (Å²) in [6, 6.07) is 12.3. The van der Waals surface area contributed by atoms with Crippen LogP contribution in [0.5, 0.6) is 0 Å². The minimum Gasteiger partial charge on any atom is -0.355 e. The van der Waals surface area contributed by atoms with Gasteiger partial charge < -0.3 is 16.0 Å². The molecule has 3 aromatic rings. The zero-order valence-corrected chi connectivity index (χ0v) is 20.9. The lowest BCUT2D eigenvalue weighted by Crippen LogP contribution is -2.21. The molecule has 172 valence electrons. The Kier molecular flexibility index (Phi) is 7.46. The van der Waals surface area contributed by atoms with Crippen molar-refractivity contribution >= 4 is 53.9 Å². The number of nitrogens with zero attached hydrogens (tertiary/aromatic N) is 2. The van der Waals surface area contributed by atoms with Crippen LogP contribution in [0, 0.1) is 0 Å². The van der Waals surface area contributed by atoms with Crippen LogP contribution >= 0.6 is 19.5 Å². The first-order valence-electron chi connectivity index (χ1n) is 11.2. The van der Waals surface area contributed by atoms with Crippen molar-refractivity contribution in [3.8, 4) is 0 Å².